The zero-order valence-electron chi connectivity index (χ0n) is 11.5. The first kappa shape index (κ1) is 13.1. The van der Waals surface area contributed by atoms with Crippen molar-refractivity contribution in [3.05, 3.63) is 16.4 Å². The van der Waals surface area contributed by atoms with E-state index >= 15 is 0 Å². The van der Waals surface area contributed by atoms with Crippen LogP contribution in [0.25, 0.3) is 0 Å². The minimum Gasteiger partial charge on any atom is -0.367 e. The van der Waals surface area contributed by atoms with Gasteiger partial charge in [0.1, 0.15) is 6.33 Å². The van der Waals surface area contributed by atoms with E-state index in [2.05, 4.69) is 20.6 Å². The molecule has 1 aromatic rings. The quantitative estimate of drug-likeness (QED) is 0.586. The average Bonchev–Trinajstić information content (AvgIpc) is 3.31. The van der Waals surface area contributed by atoms with Crippen molar-refractivity contribution in [2.75, 3.05) is 24.2 Å². The van der Waals surface area contributed by atoms with E-state index in [4.69, 9.17) is 0 Å². The van der Waals surface area contributed by atoms with E-state index in [-0.39, 0.29) is 11.5 Å². The maximum absolute atomic E-state index is 11.2. The Hall–Kier alpha value is -1.92. The summed E-state index contributed by atoms with van der Waals surface area (Å²) in [7, 11) is 1.62. The number of nitrogens with one attached hydrogen (secondary N) is 2. The first-order valence-corrected chi connectivity index (χ1v) is 7.11. The molecule has 3 rings (SSSR count). The number of nitrogens with zero attached hydrogens (tertiary/aromatic N) is 3. The lowest BCUT2D eigenvalue weighted by atomic mass is 9.98. The SMILES string of the molecule is CNc1ncnc(NCC(C2CC2)C2CC2)c1[N+](=O)[O-]. The van der Waals surface area contributed by atoms with E-state index in [9.17, 15) is 10.1 Å². The van der Waals surface area contributed by atoms with Gasteiger partial charge in [0.25, 0.3) is 0 Å². The molecule has 20 heavy (non-hydrogen) atoms. The van der Waals surface area contributed by atoms with Gasteiger partial charge in [0, 0.05) is 13.6 Å². The molecule has 7 heteroatoms. The van der Waals surface area contributed by atoms with E-state index in [0.717, 1.165) is 18.4 Å². The molecule has 0 atom stereocenters. The van der Waals surface area contributed by atoms with Crippen LogP contribution < -0.4 is 10.6 Å². The molecule has 0 aromatic carbocycles. The zero-order chi connectivity index (χ0) is 14.1. The molecule has 0 spiro atoms. The van der Waals surface area contributed by atoms with Crippen molar-refractivity contribution in [3.63, 3.8) is 0 Å². The van der Waals surface area contributed by atoms with Crippen molar-refractivity contribution in [1.29, 1.82) is 0 Å². The minimum atomic E-state index is -0.433. The third-order valence-corrected chi connectivity index (χ3v) is 4.20. The van der Waals surface area contributed by atoms with Crippen LogP contribution in [0.2, 0.25) is 0 Å². The Morgan fingerprint density at radius 2 is 1.90 bits per heavy atom. The topological polar surface area (TPSA) is 93.0 Å². The second-order valence-electron chi connectivity index (χ2n) is 5.65. The van der Waals surface area contributed by atoms with Crippen LogP contribution >= 0.6 is 0 Å². The Morgan fingerprint density at radius 3 is 2.40 bits per heavy atom. The van der Waals surface area contributed by atoms with Gasteiger partial charge in [-0.2, -0.15) is 0 Å². The van der Waals surface area contributed by atoms with Crippen LogP contribution in [0.3, 0.4) is 0 Å². The van der Waals surface area contributed by atoms with Crippen LogP contribution in [0.15, 0.2) is 6.33 Å². The summed E-state index contributed by atoms with van der Waals surface area (Å²) in [5.41, 5.74) is -0.0691. The van der Waals surface area contributed by atoms with E-state index < -0.39 is 4.92 Å². The van der Waals surface area contributed by atoms with E-state index in [1.165, 1.54) is 32.0 Å². The summed E-state index contributed by atoms with van der Waals surface area (Å²) >= 11 is 0. The first-order chi connectivity index (χ1) is 9.70. The minimum absolute atomic E-state index is 0.0691. The standard InChI is InChI=1S/C13H19N5O2/c1-14-12-11(18(19)20)13(17-7-16-12)15-6-10(8-2-3-8)9-4-5-9/h7-10H,2-6H2,1H3,(H2,14,15,16,17). The van der Waals surface area contributed by atoms with Crippen molar-refractivity contribution < 1.29 is 4.92 Å². The summed E-state index contributed by atoms with van der Waals surface area (Å²) in [5.74, 6) is 2.82. The van der Waals surface area contributed by atoms with Crippen molar-refractivity contribution in [2.45, 2.75) is 25.7 Å². The third kappa shape index (κ3) is 2.66. The van der Waals surface area contributed by atoms with E-state index in [1.807, 2.05) is 0 Å². The summed E-state index contributed by atoms with van der Waals surface area (Å²) in [4.78, 5) is 18.7. The van der Waals surface area contributed by atoms with Crippen molar-refractivity contribution in [3.8, 4) is 0 Å². The maximum Gasteiger partial charge on any atom is 0.353 e. The average molecular weight is 277 g/mol. The van der Waals surface area contributed by atoms with Crippen molar-refractivity contribution >= 4 is 17.3 Å². The van der Waals surface area contributed by atoms with Gasteiger partial charge in [-0.15, -0.1) is 0 Å². The molecule has 0 amide bonds. The van der Waals surface area contributed by atoms with E-state index in [0.29, 0.717) is 11.7 Å². The number of anilines is 2. The summed E-state index contributed by atoms with van der Waals surface area (Å²) in [5, 5.41) is 17.1. The Bertz CT molecular complexity index is 501. The highest BCUT2D eigenvalue weighted by Gasteiger charge is 2.41. The summed E-state index contributed by atoms with van der Waals surface area (Å²) in [6, 6.07) is 0. The van der Waals surface area contributed by atoms with E-state index in [1.54, 1.807) is 7.05 Å². The summed E-state index contributed by atoms with van der Waals surface area (Å²) in [6.45, 7) is 0.774. The van der Waals surface area contributed by atoms with Crippen LogP contribution in [-0.2, 0) is 0 Å². The first-order valence-electron chi connectivity index (χ1n) is 7.11. The van der Waals surface area contributed by atoms with Gasteiger partial charge >= 0.3 is 5.69 Å². The Kier molecular flexibility index (Phi) is 3.42. The van der Waals surface area contributed by atoms with Gasteiger partial charge in [0.15, 0.2) is 0 Å². The maximum atomic E-state index is 11.2. The van der Waals surface area contributed by atoms with Gasteiger partial charge in [-0.3, -0.25) is 10.1 Å². The van der Waals surface area contributed by atoms with Gasteiger partial charge < -0.3 is 10.6 Å². The molecule has 108 valence electrons. The summed E-state index contributed by atoms with van der Waals surface area (Å²) in [6.07, 6.45) is 6.56. The molecule has 0 unspecified atom stereocenters. The molecule has 1 aromatic heterocycles. The fourth-order valence-electron chi connectivity index (χ4n) is 2.85. The van der Waals surface area contributed by atoms with Gasteiger partial charge in [-0.05, 0) is 43.4 Å². The highest BCUT2D eigenvalue weighted by molar-refractivity contribution is 5.68. The molecule has 0 saturated heterocycles. The van der Waals surface area contributed by atoms with Crippen LogP contribution in [0.4, 0.5) is 17.3 Å². The third-order valence-electron chi connectivity index (χ3n) is 4.20. The van der Waals surface area contributed by atoms with Gasteiger partial charge in [0.05, 0.1) is 4.92 Å². The lowest BCUT2D eigenvalue weighted by Crippen LogP contribution is -2.19. The van der Waals surface area contributed by atoms with Crippen LogP contribution in [0.5, 0.6) is 0 Å². The fraction of sp³-hybridized carbons (Fsp3) is 0.692. The number of aromatic nitrogens is 2. The highest BCUT2D eigenvalue weighted by atomic mass is 16.6. The predicted octanol–water partition coefficient (Wildman–Crippen LogP) is 2.27. The molecule has 0 radical (unpaired) electrons. The molecule has 1 heterocycles. The zero-order valence-corrected chi connectivity index (χ0v) is 11.5. The number of nitro groups is 1. The molecule has 2 saturated carbocycles. The smallest absolute Gasteiger partial charge is 0.353 e. The number of hydrogen-bond donors (Lipinski definition) is 2. The van der Waals surface area contributed by atoms with Crippen LogP contribution in [0, 0.1) is 27.9 Å². The highest BCUT2D eigenvalue weighted by Crippen LogP contribution is 2.49. The molecule has 7 nitrogen and oxygen atoms in total. The molecular weight excluding hydrogens is 258 g/mol. The second-order valence-corrected chi connectivity index (χ2v) is 5.65. The normalized spacial score (nSPS) is 18.1. The number of hydrogen-bond acceptors (Lipinski definition) is 6. The van der Waals surface area contributed by atoms with Crippen LogP contribution in [-0.4, -0.2) is 28.5 Å². The Labute approximate surface area is 117 Å². The number of rotatable bonds is 7. The largest absolute Gasteiger partial charge is 0.367 e. The molecule has 2 N–H and O–H groups in total. The van der Waals surface area contributed by atoms with Gasteiger partial charge in [-0.25, -0.2) is 9.97 Å². The van der Waals surface area contributed by atoms with Gasteiger partial charge in [0.2, 0.25) is 11.6 Å². The fourth-order valence-corrected chi connectivity index (χ4v) is 2.85. The Morgan fingerprint density at radius 1 is 1.30 bits per heavy atom. The molecule has 2 fully saturated rings. The Balaban J connectivity index is 1.74. The molecule has 0 aliphatic heterocycles. The second kappa shape index (κ2) is 5.22. The van der Waals surface area contributed by atoms with Crippen molar-refractivity contribution in [2.24, 2.45) is 17.8 Å². The molecular formula is C13H19N5O2. The monoisotopic (exact) mass is 277 g/mol. The molecule has 2 aliphatic carbocycles. The summed E-state index contributed by atoms with van der Waals surface area (Å²) < 4.78 is 0. The predicted molar refractivity (Wildman–Crippen MR) is 75.7 cm³/mol. The van der Waals surface area contributed by atoms with Crippen molar-refractivity contribution in [1.82, 2.24) is 9.97 Å². The lowest BCUT2D eigenvalue weighted by molar-refractivity contribution is -0.383. The van der Waals surface area contributed by atoms with Crippen LogP contribution in [0.1, 0.15) is 25.7 Å². The lowest BCUT2D eigenvalue weighted by Gasteiger charge is -2.16. The molecule has 2 aliphatic rings. The molecule has 0 bridgehead atoms. The van der Waals surface area contributed by atoms with Gasteiger partial charge in [-0.1, -0.05) is 0 Å².